The molecule has 2 rings (SSSR count). The monoisotopic (exact) mass is 300 g/mol. The van der Waals surface area contributed by atoms with Crippen molar-refractivity contribution in [3.05, 3.63) is 48.1 Å². The molecule has 0 aliphatic heterocycles. The molecule has 22 heavy (non-hydrogen) atoms. The predicted octanol–water partition coefficient (Wildman–Crippen LogP) is 2.40. The highest BCUT2D eigenvalue weighted by Gasteiger charge is 2.18. The van der Waals surface area contributed by atoms with E-state index in [9.17, 15) is 4.79 Å². The van der Waals surface area contributed by atoms with Crippen molar-refractivity contribution >= 4 is 11.9 Å². The summed E-state index contributed by atoms with van der Waals surface area (Å²) in [4.78, 5) is 20.4. The molecule has 1 heterocycles. The third kappa shape index (κ3) is 3.41. The molecule has 1 aromatic carbocycles. The van der Waals surface area contributed by atoms with E-state index in [0.29, 0.717) is 28.5 Å². The summed E-state index contributed by atoms with van der Waals surface area (Å²) < 4.78 is 15.7. The zero-order valence-electron chi connectivity index (χ0n) is 12.6. The van der Waals surface area contributed by atoms with E-state index in [2.05, 4.69) is 9.97 Å². The average Bonchev–Trinajstić information content (AvgIpc) is 2.59. The van der Waals surface area contributed by atoms with Gasteiger partial charge in [0.25, 0.3) is 0 Å². The smallest absolute Gasteiger partial charge is 0.193 e. The van der Waals surface area contributed by atoms with Crippen LogP contribution in [0.3, 0.4) is 0 Å². The summed E-state index contributed by atoms with van der Waals surface area (Å²) in [6.07, 6.45) is 7.66. The van der Waals surface area contributed by atoms with Gasteiger partial charge >= 0.3 is 0 Å². The molecule has 6 heteroatoms. The maximum absolute atomic E-state index is 12.4. The molecule has 0 saturated heterocycles. The molecule has 0 radical (unpaired) electrons. The summed E-state index contributed by atoms with van der Waals surface area (Å²) in [5.74, 6) is 1.04. The van der Waals surface area contributed by atoms with Crippen LogP contribution >= 0.6 is 0 Å². The SMILES string of the molecule is COc1cc(OC)c(C(=O)/C=C/c2cnccn2)c(OC)c1. The van der Waals surface area contributed by atoms with Gasteiger partial charge in [0, 0.05) is 24.5 Å². The van der Waals surface area contributed by atoms with Crippen LogP contribution in [0.1, 0.15) is 16.1 Å². The number of nitrogens with zero attached hydrogens (tertiary/aromatic N) is 2. The third-order valence-electron chi connectivity index (χ3n) is 2.95. The van der Waals surface area contributed by atoms with Gasteiger partial charge in [-0.3, -0.25) is 14.8 Å². The van der Waals surface area contributed by atoms with E-state index < -0.39 is 0 Å². The first-order valence-corrected chi connectivity index (χ1v) is 6.48. The topological polar surface area (TPSA) is 70.5 Å². The Morgan fingerprint density at radius 2 is 1.73 bits per heavy atom. The minimum absolute atomic E-state index is 0.262. The molecule has 0 atom stereocenters. The minimum atomic E-state index is -0.262. The van der Waals surface area contributed by atoms with Crippen LogP contribution in [0.2, 0.25) is 0 Å². The maximum Gasteiger partial charge on any atom is 0.193 e. The predicted molar refractivity (Wildman–Crippen MR) is 81.5 cm³/mol. The van der Waals surface area contributed by atoms with E-state index >= 15 is 0 Å². The molecule has 0 fully saturated rings. The number of aromatic nitrogens is 2. The van der Waals surface area contributed by atoms with Gasteiger partial charge in [-0.25, -0.2) is 0 Å². The number of hydrogen-bond acceptors (Lipinski definition) is 6. The van der Waals surface area contributed by atoms with Crippen LogP contribution in [-0.2, 0) is 0 Å². The number of ether oxygens (including phenoxy) is 3. The fourth-order valence-electron chi connectivity index (χ4n) is 1.89. The van der Waals surface area contributed by atoms with Crippen molar-refractivity contribution < 1.29 is 19.0 Å². The summed E-state index contributed by atoms with van der Waals surface area (Å²) in [5.41, 5.74) is 0.910. The highest BCUT2D eigenvalue weighted by atomic mass is 16.5. The number of rotatable bonds is 6. The van der Waals surface area contributed by atoms with E-state index in [-0.39, 0.29) is 5.78 Å². The van der Waals surface area contributed by atoms with Gasteiger partial charge in [0.2, 0.25) is 0 Å². The second kappa shape index (κ2) is 7.21. The van der Waals surface area contributed by atoms with Crippen LogP contribution in [0, 0.1) is 0 Å². The van der Waals surface area contributed by atoms with Crippen molar-refractivity contribution in [2.45, 2.75) is 0 Å². The summed E-state index contributed by atoms with van der Waals surface area (Å²) in [7, 11) is 4.50. The van der Waals surface area contributed by atoms with Crippen LogP contribution < -0.4 is 14.2 Å². The van der Waals surface area contributed by atoms with Crippen molar-refractivity contribution in [3.8, 4) is 17.2 Å². The molecule has 0 bridgehead atoms. The summed E-state index contributed by atoms with van der Waals surface area (Å²) >= 11 is 0. The lowest BCUT2D eigenvalue weighted by Crippen LogP contribution is -2.03. The summed E-state index contributed by atoms with van der Waals surface area (Å²) in [6, 6.07) is 3.26. The Bertz CT molecular complexity index is 659. The molecule has 0 aliphatic rings. The van der Waals surface area contributed by atoms with Gasteiger partial charge in [-0.05, 0) is 12.2 Å². The quantitative estimate of drug-likeness (QED) is 0.602. The van der Waals surface area contributed by atoms with Gasteiger partial charge in [-0.15, -0.1) is 0 Å². The molecular formula is C16H16N2O4. The highest BCUT2D eigenvalue weighted by molar-refractivity contribution is 6.10. The molecule has 2 aromatic rings. The van der Waals surface area contributed by atoms with Gasteiger partial charge in [-0.1, -0.05) is 0 Å². The van der Waals surface area contributed by atoms with Crippen molar-refractivity contribution in [2.24, 2.45) is 0 Å². The molecule has 0 saturated carbocycles. The molecular weight excluding hydrogens is 284 g/mol. The largest absolute Gasteiger partial charge is 0.496 e. The van der Waals surface area contributed by atoms with Crippen molar-refractivity contribution in [1.29, 1.82) is 0 Å². The van der Waals surface area contributed by atoms with Gasteiger partial charge in [0.15, 0.2) is 5.78 Å². The van der Waals surface area contributed by atoms with E-state index in [0.717, 1.165) is 0 Å². The Balaban J connectivity index is 2.38. The van der Waals surface area contributed by atoms with E-state index in [1.807, 2.05) is 0 Å². The lowest BCUT2D eigenvalue weighted by Gasteiger charge is -2.13. The Labute approximate surface area is 128 Å². The van der Waals surface area contributed by atoms with Gasteiger partial charge in [-0.2, -0.15) is 0 Å². The normalized spacial score (nSPS) is 10.5. The fraction of sp³-hybridized carbons (Fsp3) is 0.188. The Kier molecular flexibility index (Phi) is 5.08. The first-order chi connectivity index (χ1) is 10.7. The first-order valence-electron chi connectivity index (χ1n) is 6.48. The number of ketones is 1. The standard InChI is InChI=1S/C16H16N2O4/c1-20-12-8-14(21-2)16(15(9-12)22-3)13(19)5-4-11-10-17-6-7-18-11/h4-10H,1-3H3/b5-4+. The molecule has 114 valence electrons. The lowest BCUT2D eigenvalue weighted by atomic mass is 10.1. The van der Waals surface area contributed by atoms with Crippen LogP contribution in [-0.4, -0.2) is 37.1 Å². The van der Waals surface area contributed by atoms with Gasteiger partial charge in [0.1, 0.15) is 22.8 Å². The van der Waals surface area contributed by atoms with Gasteiger partial charge in [0.05, 0.1) is 33.2 Å². The Hall–Kier alpha value is -2.89. The number of carbonyl (C=O) groups excluding carboxylic acids is 1. The van der Waals surface area contributed by atoms with Crippen LogP contribution in [0.15, 0.2) is 36.8 Å². The molecule has 1 aromatic heterocycles. The molecule has 0 unspecified atom stereocenters. The number of allylic oxidation sites excluding steroid dienone is 1. The van der Waals surface area contributed by atoms with E-state index in [1.165, 1.54) is 27.4 Å². The molecule has 6 nitrogen and oxygen atoms in total. The second-order valence-electron chi connectivity index (χ2n) is 4.23. The van der Waals surface area contributed by atoms with E-state index in [4.69, 9.17) is 14.2 Å². The number of benzene rings is 1. The van der Waals surface area contributed by atoms with Crippen molar-refractivity contribution in [1.82, 2.24) is 9.97 Å². The zero-order valence-corrected chi connectivity index (χ0v) is 12.6. The molecule has 0 N–H and O–H groups in total. The first kappa shape index (κ1) is 15.5. The lowest BCUT2D eigenvalue weighted by molar-refractivity contribution is 0.104. The van der Waals surface area contributed by atoms with Crippen LogP contribution in [0.5, 0.6) is 17.2 Å². The average molecular weight is 300 g/mol. The zero-order chi connectivity index (χ0) is 15.9. The number of methoxy groups -OCH3 is 3. The summed E-state index contributed by atoms with van der Waals surface area (Å²) in [6.45, 7) is 0. The minimum Gasteiger partial charge on any atom is -0.496 e. The molecule has 0 spiro atoms. The maximum atomic E-state index is 12.4. The van der Waals surface area contributed by atoms with Crippen molar-refractivity contribution in [2.75, 3.05) is 21.3 Å². The highest BCUT2D eigenvalue weighted by Crippen LogP contribution is 2.34. The van der Waals surface area contributed by atoms with E-state index in [1.54, 1.807) is 36.8 Å². The van der Waals surface area contributed by atoms with Gasteiger partial charge < -0.3 is 14.2 Å². The third-order valence-corrected chi connectivity index (χ3v) is 2.95. The Morgan fingerprint density at radius 3 is 2.23 bits per heavy atom. The fourth-order valence-corrected chi connectivity index (χ4v) is 1.89. The molecule has 0 aliphatic carbocycles. The second-order valence-corrected chi connectivity index (χ2v) is 4.23. The van der Waals surface area contributed by atoms with Crippen molar-refractivity contribution in [3.63, 3.8) is 0 Å². The summed E-state index contributed by atoms with van der Waals surface area (Å²) in [5, 5.41) is 0. The Morgan fingerprint density at radius 1 is 1.05 bits per heavy atom. The van der Waals surface area contributed by atoms with Crippen LogP contribution in [0.25, 0.3) is 6.08 Å². The number of hydrogen-bond donors (Lipinski definition) is 0. The number of carbonyl (C=O) groups is 1. The molecule has 0 amide bonds. The van der Waals surface area contributed by atoms with Crippen LogP contribution in [0.4, 0.5) is 0 Å².